The summed E-state index contributed by atoms with van der Waals surface area (Å²) < 4.78 is 4.77. The molecule has 86 valence electrons. The van der Waals surface area contributed by atoms with Crippen molar-refractivity contribution >= 4 is 11.9 Å². The zero-order valence-corrected chi connectivity index (χ0v) is 9.09. The van der Waals surface area contributed by atoms with Crippen molar-refractivity contribution in [3.63, 3.8) is 0 Å². The second-order valence-corrected chi connectivity index (χ2v) is 3.62. The summed E-state index contributed by atoms with van der Waals surface area (Å²) in [6, 6.07) is 1.77. The van der Waals surface area contributed by atoms with Crippen LogP contribution in [-0.4, -0.2) is 42.8 Å². The van der Waals surface area contributed by atoms with E-state index in [0.717, 1.165) is 0 Å². The van der Waals surface area contributed by atoms with Gasteiger partial charge in [0.1, 0.15) is 6.73 Å². The molecule has 0 saturated carbocycles. The molecule has 16 heavy (non-hydrogen) atoms. The quantitative estimate of drug-likeness (QED) is 0.704. The minimum Gasteiger partial charge on any atom is -0.364 e. The number of rotatable bonds is 4. The van der Waals surface area contributed by atoms with Gasteiger partial charge in [-0.3, -0.25) is 4.79 Å². The molecule has 0 aromatic carbocycles. The molecule has 6 nitrogen and oxygen atoms in total. The molecule has 2 rings (SSSR count). The Morgan fingerprint density at radius 1 is 1.56 bits per heavy atom. The van der Waals surface area contributed by atoms with E-state index in [2.05, 4.69) is 15.3 Å². The van der Waals surface area contributed by atoms with Gasteiger partial charge in [0, 0.05) is 32.6 Å². The van der Waals surface area contributed by atoms with Gasteiger partial charge in [-0.2, -0.15) is 0 Å². The first-order valence-electron chi connectivity index (χ1n) is 5.10. The summed E-state index contributed by atoms with van der Waals surface area (Å²) in [6.07, 6.45) is 3.39. The molecule has 0 atom stereocenters. The minimum absolute atomic E-state index is 0.0129. The largest absolute Gasteiger partial charge is 0.364 e. The van der Waals surface area contributed by atoms with Gasteiger partial charge in [-0.15, -0.1) is 0 Å². The van der Waals surface area contributed by atoms with Crippen molar-refractivity contribution < 1.29 is 9.53 Å². The Hall–Kier alpha value is -1.69. The van der Waals surface area contributed by atoms with Crippen molar-refractivity contribution in [2.75, 3.05) is 31.8 Å². The van der Waals surface area contributed by atoms with Crippen LogP contribution in [0.2, 0.25) is 0 Å². The Morgan fingerprint density at radius 3 is 2.88 bits per heavy atom. The van der Waals surface area contributed by atoms with Crippen LogP contribution >= 0.6 is 0 Å². The van der Waals surface area contributed by atoms with E-state index in [0.29, 0.717) is 19.0 Å². The molecule has 2 heterocycles. The maximum atomic E-state index is 11.5. The smallest absolute Gasteiger partial charge is 0.228 e. The summed E-state index contributed by atoms with van der Waals surface area (Å²) in [4.78, 5) is 21.7. The van der Waals surface area contributed by atoms with Crippen LogP contribution in [0.5, 0.6) is 0 Å². The fourth-order valence-electron chi connectivity index (χ4n) is 1.55. The molecular weight excluding hydrogens is 208 g/mol. The number of hydrogen-bond donors (Lipinski definition) is 1. The summed E-state index contributed by atoms with van der Waals surface area (Å²) >= 11 is 0. The van der Waals surface area contributed by atoms with E-state index in [4.69, 9.17) is 4.74 Å². The van der Waals surface area contributed by atoms with Gasteiger partial charge in [-0.25, -0.2) is 9.97 Å². The van der Waals surface area contributed by atoms with Gasteiger partial charge < -0.3 is 15.0 Å². The highest BCUT2D eigenvalue weighted by Gasteiger charge is 2.33. The van der Waals surface area contributed by atoms with E-state index in [-0.39, 0.29) is 18.6 Å². The Bertz CT molecular complexity index is 351. The zero-order valence-electron chi connectivity index (χ0n) is 9.09. The number of hydrogen-bond acceptors (Lipinski definition) is 5. The van der Waals surface area contributed by atoms with Gasteiger partial charge in [0.2, 0.25) is 11.9 Å². The van der Waals surface area contributed by atoms with Gasteiger partial charge in [0.15, 0.2) is 0 Å². The van der Waals surface area contributed by atoms with E-state index in [1.165, 1.54) is 0 Å². The zero-order chi connectivity index (χ0) is 11.4. The van der Waals surface area contributed by atoms with Crippen molar-refractivity contribution in [2.24, 2.45) is 5.92 Å². The molecule has 1 aliphatic heterocycles. The number of carbonyl (C=O) groups is 1. The predicted molar refractivity (Wildman–Crippen MR) is 57.8 cm³/mol. The molecule has 1 aromatic rings. The maximum absolute atomic E-state index is 11.5. The van der Waals surface area contributed by atoms with Crippen molar-refractivity contribution in [3.8, 4) is 0 Å². The molecular formula is C10H14N4O2. The van der Waals surface area contributed by atoms with E-state index in [9.17, 15) is 4.79 Å². The first-order valence-corrected chi connectivity index (χ1v) is 5.10. The lowest BCUT2D eigenvalue weighted by Gasteiger charge is -2.37. The molecule has 1 aliphatic rings. The first-order chi connectivity index (χ1) is 7.81. The van der Waals surface area contributed by atoms with Crippen molar-refractivity contribution in [3.05, 3.63) is 18.5 Å². The molecule has 0 unspecified atom stereocenters. The number of anilines is 1. The second-order valence-electron chi connectivity index (χ2n) is 3.62. The van der Waals surface area contributed by atoms with E-state index in [1.54, 1.807) is 25.6 Å². The van der Waals surface area contributed by atoms with Crippen LogP contribution in [0.3, 0.4) is 0 Å². The lowest BCUT2D eigenvalue weighted by Crippen LogP contribution is -2.54. The molecule has 0 radical (unpaired) electrons. The molecule has 6 heteroatoms. The van der Waals surface area contributed by atoms with Crippen LogP contribution in [0, 0.1) is 5.92 Å². The van der Waals surface area contributed by atoms with Crippen LogP contribution < -0.4 is 10.2 Å². The summed E-state index contributed by atoms with van der Waals surface area (Å²) in [6.45, 7) is 1.59. The number of methoxy groups -OCH3 is 1. The van der Waals surface area contributed by atoms with E-state index in [1.807, 2.05) is 4.90 Å². The van der Waals surface area contributed by atoms with Crippen molar-refractivity contribution in [1.82, 2.24) is 15.3 Å². The number of amides is 1. The first kappa shape index (κ1) is 10.8. The Labute approximate surface area is 93.6 Å². The number of carbonyl (C=O) groups excluding carboxylic acids is 1. The van der Waals surface area contributed by atoms with Crippen molar-refractivity contribution in [1.29, 1.82) is 0 Å². The van der Waals surface area contributed by atoms with E-state index >= 15 is 0 Å². The monoisotopic (exact) mass is 222 g/mol. The standard InChI is InChI=1S/C10H14N4O2/c1-16-7-13-9(15)8-5-14(6-8)10-11-3-2-4-12-10/h2-4,8H,5-7H2,1H3,(H,13,15). The molecule has 1 amide bonds. The number of ether oxygens (including phenoxy) is 1. The molecule has 1 fully saturated rings. The molecule has 0 bridgehead atoms. The molecule has 0 aliphatic carbocycles. The Balaban J connectivity index is 1.80. The van der Waals surface area contributed by atoms with Crippen LogP contribution in [0.15, 0.2) is 18.5 Å². The fraction of sp³-hybridized carbons (Fsp3) is 0.500. The number of nitrogens with one attached hydrogen (secondary N) is 1. The molecule has 1 aromatic heterocycles. The lowest BCUT2D eigenvalue weighted by molar-refractivity contribution is -0.127. The lowest BCUT2D eigenvalue weighted by atomic mass is 10.00. The van der Waals surface area contributed by atoms with Gasteiger partial charge >= 0.3 is 0 Å². The summed E-state index contributed by atoms with van der Waals surface area (Å²) in [5.41, 5.74) is 0. The average Bonchev–Trinajstić information content (AvgIpc) is 2.26. The topological polar surface area (TPSA) is 67.3 Å². The molecule has 1 saturated heterocycles. The van der Waals surface area contributed by atoms with E-state index < -0.39 is 0 Å². The van der Waals surface area contributed by atoms with Crippen LogP contribution in [0.1, 0.15) is 0 Å². The Morgan fingerprint density at radius 2 is 2.25 bits per heavy atom. The van der Waals surface area contributed by atoms with Crippen LogP contribution in [0.25, 0.3) is 0 Å². The maximum Gasteiger partial charge on any atom is 0.228 e. The average molecular weight is 222 g/mol. The van der Waals surface area contributed by atoms with Gasteiger partial charge in [0.05, 0.1) is 5.92 Å². The second kappa shape index (κ2) is 4.89. The van der Waals surface area contributed by atoms with Gasteiger partial charge in [-0.1, -0.05) is 0 Å². The third-order valence-corrected chi connectivity index (χ3v) is 2.48. The van der Waals surface area contributed by atoms with Crippen LogP contribution in [0.4, 0.5) is 5.95 Å². The third kappa shape index (κ3) is 2.27. The Kier molecular flexibility index (Phi) is 3.31. The molecule has 0 spiro atoms. The normalized spacial score (nSPS) is 15.7. The van der Waals surface area contributed by atoms with Crippen molar-refractivity contribution in [2.45, 2.75) is 0 Å². The van der Waals surface area contributed by atoms with Gasteiger partial charge in [0.25, 0.3) is 0 Å². The highest BCUT2D eigenvalue weighted by atomic mass is 16.5. The number of nitrogens with zero attached hydrogens (tertiary/aromatic N) is 3. The summed E-state index contributed by atoms with van der Waals surface area (Å²) in [5.74, 6) is 0.714. The van der Waals surface area contributed by atoms with Gasteiger partial charge in [-0.05, 0) is 6.07 Å². The minimum atomic E-state index is 0.0129. The highest BCUT2D eigenvalue weighted by Crippen LogP contribution is 2.20. The highest BCUT2D eigenvalue weighted by molar-refractivity contribution is 5.81. The fourth-order valence-corrected chi connectivity index (χ4v) is 1.55. The third-order valence-electron chi connectivity index (χ3n) is 2.48. The van der Waals surface area contributed by atoms with Crippen LogP contribution in [-0.2, 0) is 9.53 Å². The predicted octanol–water partition coefficient (Wildman–Crippen LogP) is -0.367. The summed E-state index contributed by atoms with van der Waals surface area (Å²) in [5, 5.41) is 2.68. The molecule has 1 N–H and O–H groups in total. The number of aromatic nitrogens is 2. The SMILES string of the molecule is COCNC(=O)C1CN(c2ncccn2)C1. The summed E-state index contributed by atoms with van der Waals surface area (Å²) in [7, 11) is 1.55.